The van der Waals surface area contributed by atoms with E-state index in [4.69, 9.17) is 9.47 Å². The van der Waals surface area contributed by atoms with Crippen LogP contribution in [0.4, 0.5) is 5.00 Å². The predicted octanol–water partition coefficient (Wildman–Crippen LogP) is 5.06. The van der Waals surface area contributed by atoms with Gasteiger partial charge in [-0.05, 0) is 62.3 Å². The number of carbonyl (C=O) groups is 3. The Morgan fingerprint density at radius 3 is 2.50 bits per heavy atom. The third-order valence-corrected chi connectivity index (χ3v) is 9.23. The number of para-hydroxylation sites is 1. The van der Waals surface area contributed by atoms with Crippen LogP contribution in [0.15, 0.2) is 65.8 Å². The Kier molecular flexibility index (Phi) is 11.0. The monoisotopic (exact) mass is 633 g/mol. The molecule has 230 valence electrons. The van der Waals surface area contributed by atoms with Gasteiger partial charge in [-0.25, -0.2) is 4.79 Å². The summed E-state index contributed by atoms with van der Waals surface area (Å²) < 4.78 is 12.8. The second-order valence-electron chi connectivity index (χ2n) is 10.1. The smallest absolute Gasteiger partial charge is 0.341 e. The SMILES string of the molecule is CCOC(=O)c1c(NC(=O)CSc2nnc(CNC(=O)COc3ccccc3)n2CCc2ccccc2)sc2c1CCCC2. The molecule has 2 aromatic heterocycles. The molecule has 0 saturated carbocycles. The first-order chi connectivity index (χ1) is 21.5. The largest absolute Gasteiger partial charge is 0.484 e. The number of nitrogens with zero attached hydrogens (tertiary/aromatic N) is 3. The Hall–Kier alpha value is -4.16. The van der Waals surface area contributed by atoms with Gasteiger partial charge in [-0.1, -0.05) is 60.3 Å². The highest BCUT2D eigenvalue weighted by Crippen LogP contribution is 2.38. The average Bonchev–Trinajstić information content (AvgIpc) is 3.62. The molecule has 0 atom stereocenters. The van der Waals surface area contributed by atoms with Gasteiger partial charge in [-0.2, -0.15) is 0 Å². The van der Waals surface area contributed by atoms with Gasteiger partial charge in [0.05, 0.1) is 24.5 Å². The van der Waals surface area contributed by atoms with Gasteiger partial charge in [0.15, 0.2) is 17.6 Å². The molecule has 0 radical (unpaired) electrons. The van der Waals surface area contributed by atoms with Gasteiger partial charge in [-0.15, -0.1) is 21.5 Å². The van der Waals surface area contributed by atoms with Gasteiger partial charge in [0.1, 0.15) is 10.8 Å². The van der Waals surface area contributed by atoms with E-state index in [0.29, 0.717) is 33.8 Å². The zero-order chi connectivity index (χ0) is 30.7. The fourth-order valence-electron chi connectivity index (χ4n) is 4.93. The summed E-state index contributed by atoms with van der Waals surface area (Å²) in [6, 6.07) is 19.2. The lowest BCUT2D eigenvalue weighted by molar-refractivity contribution is -0.123. The number of hydrogen-bond donors (Lipinski definition) is 2. The number of aromatic nitrogens is 3. The number of thiophene rings is 1. The van der Waals surface area contributed by atoms with Crippen LogP contribution in [0.5, 0.6) is 5.75 Å². The molecule has 2 aromatic carbocycles. The van der Waals surface area contributed by atoms with Gasteiger partial charge in [0.25, 0.3) is 5.91 Å². The quantitative estimate of drug-likeness (QED) is 0.146. The molecule has 2 N–H and O–H groups in total. The Morgan fingerprint density at radius 2 is 1.73 bits per heavy atom. The van der Waals surface area contributed by atoms with Crippen LogP contribution >= 0.6 is 23.1 Å². The van der Waals surface area contributed by atoms with Crippen molar-refractivity contribution in [3.8, 4) is 5.75 Å². The molecule has 0 bridgehead atoms. The highest BCUT2D eigenvalue weighted by Gasteiger charge is 2.27. The molecule has 4 aromatic rings. The minimum Gasteiger partial charge on any atom is -0.484 e. The fraction of sp³-hybridized carbons (Fsp3) is 0.344. The topological polar surface area (TPSA) is 124 Å². The Bertz CT molecular complexity index is 1570. The van der Waals surface area contributed by atoms with Crippen molar-refractivity contribution >= 4 is 45.9 Å². The molecular weight excluding hydrogens is 599 g/mol. The minimum absolute atomic E-state index is 0.0750. The van der Waals surface area contributed by atoms with E-state index in [-0.39, 0.29) is 37.3 Å². The number of hydrogen-bond acceptors (Lipinski definition) is 9. The zero-order valence-corrected chi connectivity index (χ0v) is 26.2. The van der Waals surface area contributed by atoms with Crippen molar-refractivity contribution in [2.45, 2.75) is 57.3 Å². The molecule has 12 heteroatoms. The molecule has 2 heterocycles. The number of ether oxygens (including phenoxy) is 2. The third-order valence-electron chi connectivity index (χ3n) is 7.05. The van der Waals surface area contributed by atoms with Crippen LogP contribution in [0.2, 0.25) is 0 Å². The summed E-state index contributed by atoms with van der Waals surface area (Å²) in [6.45, 7) is 2.66. The Labute approximate surface area is 264 Å². The fourth-order valence-corrected chi connectivity index (χ4v) is 7.00. The van der Waals surface area contributed by atoms with Crippen molar-refractivity contribution in [2.75, 3.05) is 24.3 Å². The zero-order valence-electron chi connectivity index (χ0n) is 24.5. The van der Waals surface area contributed by atoms with Crippen LogP contribution in [0.1, 0.15) is 52.0 Å². The summed E-state index contributed by atoms with van der Waals surface area (Å²) in [5.41, 5.74) is 2.64. The Morgan fingerprint density at radius 1 is 0.977 bits per heavy atom. The first kappa shape index (κ1) is 31.3. The number of rotatable bonds is 14. The highest BCUT2D eigenvalue weighted by atomic mass is 32.2. The van der Waals surface area contributed by atoms with Crippen molar-refractivity contribution in [3.05, 3.63) is 88.1 Å². The van der Waals surface area contributed by atoms with Crippen LogP contribution in [-0.2, 0) is 46.7 Å². The van der Waals surface area contributed by atoms with Crippen molar-refractivity contribution in [1.29, 1.82) is 0 Å². The van der Waals surface area contributed by atoms with Crippen LogP contribution in [0.25, 0.3) is 0 Å². The molecular formula is C32H35N5O5S2. The number of esters is 1. The molecule has 0 spiro atoms. The van der Waals surface area contributed by atoms with Crippen molar-refractivity contribution in [2.24, 2.45) is 0 Å². The van der Waals surface area contributed by atoms with E-state index >= 15 is 0 Å². The average molecular weight is 634 g/mol. The van der Waals surface area contributed by atoms with E-state index in [0.717, 1.165) is 48.1 Å². The van der Waals surface area contributed by atoms with Gasteiger partial charge in [0.2, 0.25) is 5.91 Å². The number of benzene rings is 2. The maximum Gasteiger partial charge on any atom is 0.341 e. The summed E-state index contributed by atoms with van der Waals surface area (Å²) in [6.07, 6.45) is 4.52. The molecule has 2 amide bonds. The standard InChI is InChI=1S/C32H35N5O5S2/c1-2-41-31(40)29-24-15-9-10-16-25(24)44-30(29)34-28(39)21-43-32-36-35-26(37(32)18-17-22-11-5-3-6-12-22)19-33-27(38)20-42-23-13-7-4-8-14-23/h3-8,11-14H,2,9-10,15-21H2,1H3,(H,33,38)(H,34,39). The predicted molar refractivity (Wildman–Crippen MR) is 170 cm³/mol. The third kappa shape index (κ3) is 8.26. The van der Waals surface area contributed by atoms with E-state index in [1.165, 1.54) is 23.1 Å². The maximum atomic E-state index is 13.1. The number of fused-ring (bicyclic) bond motifs is 1. The molecule has 0 saturated heterocycles. The number of thioether (sulfide) groups is 1. The van der Waals surface area contributed by atoms with Crippen LogP contribution in [0.3, 0.4) is 0 Å². The van der Waals surface area contributed by atoms with Gasteiger partial charge < -0.3 is 24.7 Å². The van der Waals surface area contributed by atoms with E-state index in [1.807, 2.05) is 41.0 Å². The molecule has 1 aliphatic rings. The molecule has 0 fully saturated rings. The lowest BCUT2D eigenvalue weighted by Crippen LogP contribution is -2.29. The van der Waals surface area contributed by atoms with E-state index < -0.39 is 5.97 Å². The first-order valence-corrected chi connectivity index (χ1v) is 16.5. The van der Waals surface area contributed by atoms with Crippen molar-refractivity contribution in [3.63, 3.8) is 0 Å². The lowest BCUT2D eigenvalue weighted by atomic mass is 9.95. The number of amides is 2. The first-order valence-electron chi connectivity index (χ1n) is 14.7. The normalized spacial score (nSPS) is 12.3. The van der Waals surface area contributed by atoms with Gasteiger partial charge >= 0.3 is 5.97 Å². The summed E-state index contributed by atoms with van der Waals surface area (Å²) in [7, 11) is 0. The molecule has 1 aliphatic carbocycles. The van der Waals surface area contributed by atoms with Gasteiger partial charge in [0, 0.05) is 11.4 Å². The number of aryl methyl sites for hydroxylation is 2. The second-order valence-corrected chi connectivity index (χ2v) is 12.2. The number of anilines is 1. The summed E-state index contributed by atoms with van der Waals surface area (Å²) in [4.78, 5) is 39.5. The molecule has 0 unspecified atom stereocenters. The minimum atomic E-state index is -0.392. The lowest BCUT2D eigenvalue weighted by Gasteiger charge is -2.12. The van der Waals surface area contributed by atoms with E-state index in [1.54, 1.807) is 19.1 Å². The number of carbonyl (C=O) groups excluding carboxylic acids is 3. The Balaban J connectivity index is 1.24. The highest BCUT2D eigenvalue weighted by molar-refractivity contribution is 7.99. The molecule has 10 nitrogen and oxygen atoms in total. The van der Waals surface area contributed by atoms with Crippen LogP contribution in [0, 0.1) is 0 Å². The maximum absolute atomic E-state index is 13.1. The number of nitrogens with one attached hydrogen (secondary N) is 2. The van der Waals surface area contributed by atoms with E-state index in [9.17, 15) is 14.4 Å². The molecule has 0 aliphatic heterocycles. The van der Waals surface area contributed by atoms with Gasteiger partial charge in [-0.3, -0.25) is 9.59 Å². The second kappa shape index (κ2) is 15.5. The van der Waals surface area contributed by atoms with Crippen molar-refractivity contribution in [1.82, 2.24) is 20.1 Å². The molecule has 44 heavy (non-hydrogen) atoms. The van der Waals surface area contributed by atoms with Crippen molar-refractivity contribution < 1.29 is 23.9 Å². The van der Waals surface area contributed by atoms with Crippen LogP contribution < -0.4 is 15.4 Å². The summed E-state index contributed by atoms with van der Waals surface area (Å²) >= 11 is 2.73. The summed E-state index contributed by atoms with van der Waals surface area (Å²) in [5.74, 6) is 0.346. The van der Waals surface area contributed by atoms with Crippen LogP contribution in [-0.4, -0.2) is 51.5 Å². The molecule has 5 rings (SSSR count). The summed E-state index contributed by atoms with van der Waals surface area (Å²) in [5, 5.41) is 15.6. The van der Waals surface area contributed by atoms with E-state index in [2.05, 4.69) is 33.0 Å².